The van der Waals surface area contributed by atoms with E-state index >= 15 is 0 Å². The molecule has 0 bridgehead atoms. The highest BCUT2D eigenvalue weighted by molar-refractivity contribution is 7.97. The maximum absolute atomic E-state index is 10.7. The predicted molar refractivity (Wildman–Crippen MR) is 115 cm³/mol. The molecule has 0 saturated heterocycles. The summed E-state index contributed by atoms with van der Waals surface area (Å²) in [5.74, 6) is 0. The molecule has 0 unspecified atom stereocenters. The number of hydrogen-bond acceptors (Lipinski definition) is 5. The first-order valence-electron chi connectivity index (χ1n) is 8.90. The lowest BCUT2D eigenvalue weighted by Crippen LogP contribution is -2.21. The Labute approximate surface area is 200 Å². The van der Waals surface area contributed by atoms with Gasteiger partial charge in [0.25, 0.3) is 0 Å². The van der Waals surface area contributed by atoms with Crippen molar-refractivity contribution in [3.05, 3.63) is 91.0 Å². The molecule has 0 aliphatic carbocycles. The van der Waals surface area contributed by atoms with Crippen LogP contribution in [0.1, 0.15) is 0 Å². The van der Waals surface area contributed by atoms with Crippen molar-refractivity contribution in [1.82, 2.24) is 0 Å². The summed E-state index contributed by atoms with van der Waals surface area (Å²) in [6, 6.07) is 32.2. The van der Waals surface area contributed by atoms with Gasteiger partial charge in [0, 0.05) is 0 Å². The number of rotatable bonds is 3. The Hall–Kier alpha value is -2.59. The lowest BCUT2D eigenvalue weighted by Gasteiger charge is -2.08. The molecule has 6 nitrogen and oxygen atoms in total. The smallest absolute Gasteiger partial charge is 0.522 e. The van der Waals surface area contributed by atoms with Crippen LogP contribution in [-0.4, -0.2) is 37.0 Å². The van der Waals surface area contributed by atoms with Gasteiger partial charge in [-0.3, -0.25) is 4.55 Å². The molecule has 3 aromatic rings. The molecule has 0 saturated carbocycles. The maximum atomic E-state index is 10.7. The molecule has 0 fully saturated rings. The Bertz CT molecular complexity index is 1110. The zero-order valence-corrected chi connectivity index (χ0v) is 19.6. The van der Waals surface area contributed by atoms with Crippen molar-refractivity contribution in [2.75, 3.05) is 0 Å². The number of halogens is 6. The summed E-state index contributed by atoms with van der Waals surface area (Å²) in [5.41, 5.74) is -11.2. The van der Waals surface area contributed by atoms with Crippen LogP contribution in [0.5, 0.6) is 0 Å². The molecule has 15 heteroatoms. The Morgan fingerprint density at radius 1 is 0.571 bits per heavy atom. The first-order valence-corrected chi connectivity index (χ1v) is 13.0. The second-order valence-corrected chi connectivity index (χ2v) is 10.9. The molecule has 0 amide bonds. The first kappa shape index (κ1) is 30.4. The molecule has 0 aliphatic rings. The van der Waals surface area contributed by atoms with Crippen LogP contribution in [-0.2, 0) is 31.1 Å². The number of benzene rings is 3. The van der Waals surface area contributed by atoms with Crippen molar-refractivity contribution >= 4 is 31.1 Å². The Morgan fingerprint density at radius 3 is 0.914 bits per heavy atom. The third-order valence-electron chi connectivity index (χ3n) is 3.51. The minimum atomic E-state index is -6.09. The highest BCUT2D eigenvalue weighted by Gasteiger charge is 2.44. The maximum Gasteiger partial charge on any atom is 0.522 e. The van der Waals surface area contributed by atoms with Gasteiger partial charge in [-0.2, -0.15) is 34.8 Å². The van der Waals surface area contributed by atoms with Crippen LogP contribution in [0.15, 0.2) is 106 Å². The first-order chi connectivity index (χ1) is 15.9. The highest BCUT2D eigenvalue weighted by Crippen LogP contribution is 2.30. The third-order valence-corrected chi connectivity index (χ3v) is 6.90. The molecule has 0 aliphatic heterocycles. The molecular weight excluding hydrogens is 546 g/mol. The Kier molecular flexibility index (Phi) is 10.8. The standard InChI is InChI=1S/C18H15S.2CHF3O3S/c1-4-10-16(11-5-1)19(17-12-6-2-7-13-17)18-14-8-3-9-15-18;2*2-1(3,4)8(5,6)7/h1-15H;2*(H,5,6,7)/q+1;;/p-1. The van der Waals surface area contributed by atoms with Gasteiger partial charge in [-0.1, -0.05) is 54.6 Å². The summed E-state index contributed by atoms with van der Waals surface area (Å²) < 4.78 is 116. The van der Waals surface area contributed by atoms with Crippen molar-refractivity contribution in [2.45, 2.75) is 25.7 Å². The zero-order chi connectivity index (χ0) is 26.9. The van der Waals surface area contributed by atoms with E-state index in [1.54, 1.807) is 0 Å². The van der Waals surface area contributed by atoms with Crippen LogP contribution in [0.4, 0.5) is 26.3 Å². The molecule has 192 valence electrons. The van der Waals surface area contributed by atoms with Crippen LogP contribution in [0.25, 0.3) is 0 Å². The topological polar surface area (TPSA) is 112 Å². The molecular formula is C20H16F6O6S3. The van der Waals surface area contributed by atoms with E-state index < -0.39 is 31.3 Å². The molecule has 1 N–H and O–H groups in total. The van der Waals surface area contributed by atoms with Gasteiger partial charge in [0.05, 0.1) is 10.9 Å². The minimum Gasteiger partial charge on any atom is -0.741 e. The van der Waals surface area contributed by atoms with E-state index in [2.05, 4.69) is 91.0 Å². The second kappa shape index (κ2) is 12.4. The van der Waals surface area contributed by atoms with E-state index in [9.17, 15) is 26.3 Å². The molecule has 0 aromatic heterocycles. The Morgan fingerprint density at radius 2 is 0.771 bits per heavy atom. The molecule has 0 radical (unpaired) electrons. The molecule has 0 heterocycles. The number of hydrogen-bond donors (Lipinski definition) is 1. The summed E-state index contributed by atoms with van der Waals surface area (Å²) in [5, 5.41) is 0. The summed E-state index contributed by atoms with van der Waals surface area (Å²) in [6.07, 6.45) is 0. The van der Waals surface area contributed by atoms with Crippen LogP contribution in [0.2, 0.25) is 0 Å². The quantitative estimate of drug-likeness (QED) is 0.203. The van der Waals surface area contributed by atoms with Gasteiger partial charge >= 0.3 is 21.1 Å². The summed E-state index contributed by atoms with van der Waals surface area (Å²) in [4.78, 5) is 4.08. The summed E-state index contributed by atoms with van der Waals surface area (Å²) >= 11 is 0. The van der Waals surface area contributed by atoms with Crippen LogP contribution in [0.3, 0.4) is 0 Å². The van der Waals surface area contributed by atoms with E-state index in [1.807, 2.05) is 0 Å². The van der Waals surface area contributed by atoms with Gasteiger partial charge in [0.15, 0.2) is 24.8 Å². The van der Waals surface area contributed by atoms with E-state index in [4.69, 9.17) is 25.9 Å². The van der Waals surface area contributed by atoms with Crippen LogP contribution < -0.4 is 0 Å². The average Bonchev–Trinajstić information content (AvgIpc) is 2.74. The Balaban J connectivity index is 0.000000320. The van der Waals surface area contributed by atoms with Gasteiger partial charge in [-0.05, 0) is 36.4 Å². The molecule has 0 spiro atoms. The molecule has 35 heavy (non-hydrogen) atoms. The van der Waals surface area contributed by atoms with Gasteiger partial charge in [0.2, 0.25) is 0 Å². The molecule has 3 rings (SSSR count). The van der Waals surface area contributed by atoms with Crippen molar-refractivity contribution in [2.24, 2.45) is 0 Å². The molecule has 0 atom stereocenters. The van der Waals surface area contributed by atoms with Crippen molar-refractivity contribution in [3.8, 4) is 0 Å². The normalized spacial score (nSPS) is 12.1. The van der Waals surface area contributed by atoms with E-state index in [0.717, 1.165) is 0 Å². The lowest BCUT2D eigenvalue weighted by atomic mass is 10.4. The second-order valence-electron chi connectivity index (χ2n) is 6.07. The largest absolute Gasteiger partial charge is 0.741 e. The highest BCUT2D eigenvalue weighted by atomic mass is 32.2. The number of alkyl halides is 6. The van der Waals surface area contributed by atoms with Crippen molar-refractivity contribution in [1.29, 1.82) is 0 Å². The third kappa shape index (κ3) is 10.3. The van der Waals surface area contributed by atoms with E-state index in [1.165, 1.54) is 14.7 Å². The zero-order valence-electron chi connectivity index (χ0n) is 17.1. The van der Waals surface area contributed by atoms with Crippen molar-refractivity contribution in [3.63, 3.8) is 0 Å². The van der Waals surface area contributed by atoms with Gasteiger partial charge < -0.3 is 4.55 Å². The summed E-state index contributed by atoms with van der Waals surface area (Å²) in [7, 11) is -11.9. The van der Waals surface area contributed by atoms with Crippen LogP contribution in [0, 0.1) is 0 Å². The predicted octanol–water partition coefficient (Wildman–Crippen LogP) is 5.23. The van der Waals surface area contributed by atoms with Crippen LogP contribution >= 0.6 is 0 Å². The van der Waals surface area contributed by atoms with Gasteiger partial charge in [-0.25, -0.2) is 8.42 Å². The fourth-order valence-electron chi connectivity index (χ4n) is 2.08. The average molecular weight is 563 g/mol. The monoisotopic (exact) mass is 562 g/mol. The van der Waals surface area contributed by atoms with E-state index in [-0.39, 0.29) is 10.9 Å². The fourth-order valence-corrected chi connectivity index (χ4v) is 4.18. The van der Waals surface area contributed by atoms with E-state index in [0.29, 0.717) is 0 Å². The lowest BCUT2D eigenvalue weighted by molar-refractivity contribution is -0.0519. The van der Waals surface area contributed by atoms with Gasteiger partial charge in [0.1, 0.15) is 0 Å². The van der Waals surface area contributed by atoms with Gasteiger partial charge in [-0.15, -0.1) is 0 Å². The minimum absolute atomic E-state index is 0.0146. The van der Waals surface area contributed by atoms with Crippen molar-refractivity contribution < 1.29 is 52.3 Å². The SMILES string of the molecule is O=S(=O)(O)C(F)(F)F.O=S(=O)([O-])C(F)(F)F.c1ccc([S+](c2ccccc2)c2ccccc2)cc1. The summed E-state index contributed by atoms with van der Waals surface area (Å²) in [6.45, 7) is 0. The molecule has 3 aromatic carbocycles. The fraction of sp³-hybridized carbons (Fsp3) is 0.100.